The van der Waals surface area contributed by atoms with Gasteiger partial charge in [0.25, 0.3) is 5.69 Å². The average Bonchev–Trinajstić information content (AvgIpc) is 2.59. The molecule has 0 saturated carbocycles. The molecule has 0 radical (unpaired) electrons. The van der Waals surface area contributed by atoms with Gasteiger partial charge in [-0.15, -0.1) is 0 Å². The number of hydrogen-bond acceptors (Lipinski definition) is 6. The van der Waals surface area contributed by atoms with Crippen LogP contribution in [0.2, 0.25) is 0 Å². The average molecular weight is 338 g/mol. The first-order valence-corrected chi connectivity index (χ1v) is 7.80. The normalized spacial score (nSPS) is 17.3. The van der Waals surface area contributed by atoms with E-state index in [0.29, 0.717) is 12.3 Å². The number of nitrogens with zero attached hydrogens (tertiary/aromatic N) is 2. The molecule has 1 atom stereocenters. The number of nitro benzene ring substituents is 1. The van der Waals surface area contributed by atoms with Crippen LogP contribution in [0, 0.1) is 10.1 Å². The number of likely N-dealkylation sites (tertiary alicyclic amines) is 1. The number of ether oxygens (including phenoxy) is 3. The van der Waals surface area contributed by atoms with E-state index in [1.807, 2.05) is 6.92 Å². The molecule has 1 saturated heterocycles. The summed E-state index contributed by atoms with van der Waals surface area (Å²) < 4.78 is 15.5. The predicted octanol–water partition coefficient (Wildman–Crippen LogP) is 3.12. The summed E-state index contributed by atoms with van der Waals surface area (Å²) in [5.74, 6) is 0.601. The Balaban J connectivity index is 2.16. The van der Waals surface area contributed by atoms with E-state index in [1.165, 1.54) is 26.4 Å². The summed E-state index contributed by atoms with van der Waals surface area (Å²) in [6.07, 6.45) is 2.51. The molecule has 1 aliphatic heterocycles. The van der Waals surface area contributed by atoms with Crippen LogP contribution in [-0.2, 0) is 11.3 Å². The summed E-state index contributed by atoms with van der Waals surface area (Å²) in [5.41, 5.74) is 0.0859. The fourth-order valence-corrected chi connectivity index (χ4v) is 2.79. The van der Waals surface area contributed by atoms with Crippen LogP contribution < -0.4 is 9.47 Å². The minimum Gasteiger partial charge on any atom is -0.493 e. The second-order valence-corrected chi connectivity index (χ2v) is 5.69. The number of hydrogen-bond donors (Lipinski definition) is 0. The van der Waals surface area contributed by atoms with Crippen molar-refractivity contribution in [3.8, 4) is 11.5 Å². The summed E-state index contributed by atoms with van der Waals surface area (Å²) >= 11 is 0. The number of piperidine rings is 1. The minimum atomic E-state index is -0.533. The molecule has 1 unspecified atom stereocenters. The van der Waals surface area contributed by atoms with Gasteiger partial charge in [-0.3, -0.25) is 10.1 Å². The van der Waals surface area contributed by atoms with E-state index in [2.05, 4.69) is 0 Å². The highest BCUT2D eigenvalue weighted by Gasteiger charge is 2.26. The Hall–Kier alpha value is -2.51. The highest BCUT2D eigenvalue weighted by Crippen LogP contribution is 2.35. The van der Waals surface area contributed by atoms with Gasteiger partial charge in [0.2, 0.25) is 0 Å². The van der Waals surface area contributed by atoms with E-state index in [9.17, 15) is 14.9 Å². The molecule has 1 aromatic carbocycles. The van der Waals surface area contributed by atoms with E-state index in [4.69, 9.17) is 14.2 Å². The van der Waals surface area contributed by atoms with Crippen LogP contribution in [0.25, 0.3) is 0 Å². The van der Waals surface area contributed by atoms with Crippen LogP contribution in [0.5, 0.6) is 11.5 Å². The van der Waals surface area contributed by atoms with E-state index in [-0.39, 0.29) is 29.6 Å². The molecular formula is C16H22N2O6. The third-order valence-corrected chi connectivity index (χ3v) is 4.17. The monoisotopic (exact) mass is 338 g/mol. The molecule has 132 valence electrons. The van der Waals surface area contributed by atoms with E-state index in [1.54, 1.807) is 4.90 Å². The number of methoxy groups -OCH3 is 2. The standard InChI is InChI=1S/C16H22N2O6/c1-11-6-4-5-7-17(11)16(19)24-10-12-8-14(22-2)15(23-3)9-13(12)18(20)21/h8-9,11H,4-7,10H2,1-3H3. The van der Waals surface area contributed by atoms with Crippen LogP contribution in [0.3, 0.4) is 0 Å². The molecule has 2 rings (SSSR count). The molecule has 1 aromatic rings. The molecule has 1 fully saturated rings. The van der Waals surface area contributed by atoms with Crippen LogP contribution in [0.15, 0.2) is 12.1 Å². The molecular weight excluding hydrogens is 316 g/mol. The largest absolute Gasteiger partial charge is 0.493 e. The lowest BCUT2D eigenvalue weighted by atomic mass is 10.0. The maximum Gasteiger partial charge on any atom is 0.410 e. The van der Waals surface area contributed by atoms with Crippen LogP contribution >= 0.6 is 0 Å². The van der Waals surface area contributed by atoms with Crippen molar-refractivity contribution in [3.63, 3.8) is 0 Å². The van der Waals surface area contributed by atoms with Gasteiger partial charge in [-0.05, 0) is 32.3 Å². The number of carbonyl (C=O) groups is 1. The van der Waals surface area contributed by atoms with E-state index < -0.39 is 11.0 Å². The van der Waals surface area contributed by atoms with Gasteiger partial charge in [-0.1, -0.05) is 0 Å². The van der Waals surface area contributed by atoms with Crippen LogP contribution in [-0.4, -0.2) is 42.7 Å². The SMILES string of the molecule is COc1cc(COC(=O)N2CCCCC2C)c([N+](=O)[O-])cc1OC. The molecule has 1 heterocycles. The lowest BCUT2D eigenvalue weighted by Gasteiger charge is -2.32. The number of benzene rings is 1. The number of rotatable bonds is 5. The van der Waals surface area contributed by atoms with E-state index in [0.717, 1.165) is 19.3 Å². The summed E-state index contributed by atoms with van der Waals surface area (Å²) in [5, 5.41) is 11.2. The van der Waals surface area contributed by atoms with Crippen molar-refractivity contribution in [2.75, 3.05) is 20.8 Å². The zero-order chi connectivity index (χ0) is 17.7. The molecule has 0 aliphatic carbocycles. The molecule has 0 aromatic heterocycles. The Morgan fingerprint density at radius 2 is 1.96 bits per heavy atom. The molecule has 1 amide bonds. The number of amides is 1. The van der Waals surface area contributed by atoms with E-state index >= 15 is 0 Å². The first-order valence-electron chi connectivity index (χ1n) is 7.80. The Morgan fingerprint density at radius 1 is 1.29 bits per heavy atom. The molecule has 1 aliphatic rings. The lowest BCUT2D eigenvalue weighted by Crippen LogP contribution is -2.42. The van der Waals surface area contributed by atoms with Crippen molar-refractivity contribution in [2.24, 2.45) is 0 Å². The highest BCUT2D eigenvalue weighted by atomic mass is 16.6. The van der Waals surface area contributed by atoms with Crippen molar-refractivity contribution in [3.05, 3.63) is 27.8 Å². The van der Waals surface area contributed by atoms with Crippen molar-refractivity contribution in [1.82, 2.24) is 4.90 Å². The Bertz CT molecular complexity index is 619. The first-order chi connectivity index (χ1) is 11.5. The third-order valence-electron chi connectivity index (χ3n) is 4.17. The third kappa shape index (κ3) is 3.87. The van der Waals surface area contributed by atoms with Crippen molar-refractivity contribution in [2.45, 2.75) is 38.8 Å². The topological polar surface area (TPSA) is 91.1 Å². The molecule has 8 nitrogen and oxygen atoms in total. The van der Waals surface area contributed by atoms with Gasteiger partial charge in [0, 0.05) is 12.6 Å². The summed E-state index contributed by atoms with van der Waals surface area (Å²) in [7, 11) is 2.84. The lowest BCUT2D eigenvalue weighted by molar-refractivity contribution is -0.385. The zero-order valence-electron chi connectivity index (χ0n) is 14.1. The van der Waals surface area contributed by atoms with Gasteiger partial charge >= 0.3 is 6.09 Å². The molecule has 8 heteroatoms. The fraction of sp³-hybridized carbons (Fsp3) is 0.562. The number of nitro groups is 1. The Kier molecular flexibility index (Phi) is 5.83. The van der Waals surface area contributed by atoms with Crippen molar-refractivity contribution in [1.29, 1.82) is 0 Å². The second kappa shape index (κ2) is 7.85. The van der Waals surface area contributed by atoms with Gasteiger partial charge in [0.1, 0.15) is 6.61 Å². The minimum absolute atomic E-state index is 0.117. The fourth-order valence-electron chi connectivity index (χ4n) is 2.79. The smallest absolute Gasteiger partial charge is 0.410 e. The van der Waals surface area contributed by atoms with Gasteiger partial charge < -0.3 is 19.1 Å². The Labute approximate surface area is 140 Å². The second-order valence-electron chi connectivity index (χ2n) is 5.69. The quantitative estimate of drug-likeness (QED) is 0.605. The first kappa shape index (κ1) is 17.8. The van der Waals surface area contributed by atoms with Crippen LogP contribution in [0.4, 0.5) is 10.5 Å². The molecule has 0 spiro atoms. The summed E-state index contributed by atoms with van der Waals surface area (Å²) in [4.78, 5) is 24.6. The van der Waals surface area contributed by atoms with Gasteiger partial charge in [0.05, 0.1) is 30.8 Å². The van der Waals surface area contributed by atoms with Gasteiger partial charge in [0.15, 0.2) is 11.5 Å². The summed E-state index contributed by atoms with van der Waals surface area (Å²) in [6, 6.07) is 2.85. The maximum absolute atomic E-state index is 12.2. The van der Waals surface area contributed by atoms with Crippen molar-refractivity contribution >= 4 is 11.8 Å². The van der Waals surface area contributed by atoms with Gasteiger partial charge in [-0.25, -0.2) is 4.79 Å². The molecule has 0 N–H and O–H groups in total. The maximum atomic E-state index is 12.2. The number of carbonyl (C=O) groups excluding carboxylic acids is 1. The predicted molar refractivity (Wildman–Crippen MR) is 86.4 cm³/mol. The zero-order valence-corrected chi connectivity index (χ0v) is 14.1. The van der Waals surface area contributed by atoms with Gasteiger partial charge in [-0.2, -0.15) is 0 Å². The highest BCUT2D eigenvalue weighted by molar-refractivity contribution is 5.68. The molecule has 0 bridgehead atoms. The van der Waals surface area contributed by atoms with Crippen LogP contribution in [0.1, 0.15) is 31.7 Å². The van der Waals surface area contributed by atoms with Crippen molar-refractivity contribution < 1.29 is 23.9 Å². The Morgan fingerprint density at radius 3 is 2.54 bits per heavy atom. The summed E-state index contributed by atoms with van der Waals surface area (Å²) in [6.45, 7) is 2.42. The molecule has 24 heavy (non-hydrogen) atoms.